The van der Waals surface area contributed by atoms with Gasteiger partial charge in [-0.3, -0.25) is 14.2 Å². The SMILES string of the molecule is CONc1nc(C#Cc2ccc(OC)cc2)nc2c1ncn2[C@@H]1O[C@@H](CC(N)=O)[C@H](O)[C@H]1O. The number of fused-ring (bicyclic) bond motifs is 1. The van der Waals surface area contributed by atoms with Gasteiger partial charge in [0.05, 0.1) is 33.1 Å². The summed E-state index contributed by atoms with van der Waals surface area (Å²) in [6.45, 7) is 0. The molecular formula is C21H22N6O6. The van der Waals surface area contributed by atoms with Gasteiger partial charge >= 0.3 is 0 Å². The van der Waals surface area contributed by atoms with E-state index in [1.807, 2.05) is 0 Å². The molecule has 5 N–H and O–H groups in total. The van der Waals surface area contributed by atoms with E-state index in [-0.39, 0.29) is 23.7 Å². The Morgan fingerprint density at radius 3 is 2.64 bits per heavy atom. The number of carbonyl (C=O) groups is 1. The van der Waals surface area contributed by atoms with Gasteiger partial charge in [0.25, 0.3) is 0 Å². The number of hydrogen-bond acceptors (Lipinski definition) is 10. The molecule has 1 aliphatic rings. The lowest BCUT2D eigenvalue weighted by Crippen LogP contribution is -2.33. The lowest BCUT2D eigenvalue weighted by atomic mass is 10.1. The molecule has 3 aromatic rings. The first-order valence-electron chi connectivity index (χ1n) is 9.90. The van der Waals surface area contributed by atoms with Gasteiger partial charge in [-0.15, -0.1) is 0 Å². The fourth-order valence-corrected chi connectivity index (χ4v) is 3.45. The summed E-state index contributed by atoms with van der Waals surface area (Å²) < 4.78 is 12.3. The van der Waals surface area contributed by atoms with Crippen molar-refractivity contribution < 1.29 is 29.3 Å². The molecule has 1 saturated heterocycles. The molecule has 0 bridgehead atoms. The van der Waals surface area contributed by atoms with E-state index in [9.17, 15) is 15.0 Å². The second kappa shape index (κ2) is 9.39. The van der Waals surface area contributed by atoms with Gasteiger partial charge in [0.2, 0.25) is 11.7 Å². The molecule has 2 aromatic heterocycles. The summed E-state index contributed by atoms with van der Waals surface area (Å²) in [5, 5.41) is 20.8. The molecule has 0 radical (unpaired) electrons. The fourth-order valence-electron chi connectivity index (χ4n) is 3.45. The van der Waals surface area contributed by atoms with Crippen molar-refractivity contribution in [3.05, 3.63) is 42.0 Å². The van der Waals surface area contributed by atoms with Gasteiger partial charge < -0.3 is 25.4 Å². The molecule has 12 nitrogen and oxygen atoms in total. The largest absolute Gasteiger partial charge is 0.497 e. The Kier molecular flexibility index (Phi) is 6.38. The summed E-state index contributed by atoms with van der Waals surface area (Å²) in [6, 6.07) is 7.17. The zero-order chi connectivity index (χ0) is 23.5. The Morgan fingerprint density at radius 1 is 1.21 bits per heavy atom. The van der Waals surface area contributed by atoms with E-state index in [1.54, 1.807) is 31.4 Å². The zero-order valence-electron chi connectivity index (χ0n) is 17.8. The molecule has 1 aromatic carbocycles. The predicted octanol–water partition coefficient (Wildman–Crippen LogP) is -0.297. The lowest BCUT2D eigenvalue weighted by Gasteiger charge is -2.16. The highest BCUT2D eigenvalue weighted by Gasteiger charge is 2.44. The van der Waals surface area contributed by atoms with Crippen LogP contribution in [0.4, 0.5) is 5.82 Å². The third-order valence-corrected chi connectivity index (χ3v) is 5.04. The first-order chi connectivity index (χ1) is 15.9. The average Bonchev–Trinajstić information content (AvgIpc) is 3.34. The summed E-state index contributed by atoms with van der Waals surface area (Å²) in [5.74, 6) is 6.31. The first kappa shape index (κ1) is 22.4. The number of carbonyl (C=O) groups excluding carboxylic acids is 1. The zero-order valence-corrected chi connectivity index (χ0v) is 17.8. The predicted molar refractivity (Wildman–Crippen MR) is 115 cm³/mol. The van der Waals surface area contributed by atoms with E-state index in [1.165, 1.54) is 18.0 Å². The maximum Gasteiger partial charge on any atom is 0.220 e. The van der Waals surface area contributed by atoms with Crippen LogP contribution in [0.3, 0.4) is 0 Å². The molecule has 172 valence electrons. The number of imidazole rings is 1. The van der Waals surface area contributed by atoms with E-state index in [2.05, 4.69) is 32.3 Å². The van der Waals surface area contributed by atoms with E-state index < -0.39 is 30.4 Å². The van der Waals surface area contributed by atoms with Gasteiger partial charge in [0.1, 0.15) is 18.0 Å². The van der Waals surface area contributed by atoms with E-state index in [0.29, 0.717) is 11.3 Å². The van der Waals surface area contributed by atoms with E-state index in [4.69, 9.17) is 20.0 Å². The number of ether oxygens (including phenoxy) is 2. The van der Waals surface area contributed by atoms with E-state index >= 15 is 0 Å². The maximum absolute atomic E-state index is 11.3. The summed E-state index contributed by atoms with van der Waals surface area (Å²) in [5.41, 5.74) is 9.18. The number of hydrogen-bond donors (Lipinski definition) is 4. The van der Waals surface area contributed by atoms with Crippen molar-refractivity contribution in [2.75, 3.05) is 19.7 Å². The van der Waals surface area contributed by atoms with Gasteiger partial charge in [-0.1, -0.05) is 5.92 Å². The number of benzene rings is 1. The highest BCUT2D eigenvalue weighted by molar-refractivity contribution is 5.83. The molecule has 0 aliphatic carbocycles. The van der Waals surface area contributed by atoms with Crippen LogP contribution in [0.1, 0.15) is 24.0 Å². The summed E-state index contributed by atoms with van der Waals surface area (Å²) >= 11 is 0. The Hall–Kier alpha value is -3.76. The Morgan fingerprint density at radius 2 is 1.97 bits per heavy atom. The molecule has 0 unspecified atom stereocenters. The van der Waals surface area contributed by atoms with Crippen LogP contribution in [0.25, 0.3) is 11.2 Å². The number of aromatic nitrogens is 4. The van der Waals surface area contributed by atoms with Gasteiger partial charge in [-0.25, -0.2) is 15.4 Å². The number of nitrogens with two attached hydrogens (primary N) is 1. The van der Waals surface area contributed by atoms with Crippen molar-refractivity contribution in [1.29, 1.82) is 0 Å². The number of aliphatic hydroxyl groups excluding tert-OH is 2. The van der Waals surface area contributed by atoms with Crippen LogP contribution in [0.15, 0.2) is 30.6 Å². The average molecular weight is 454 g/mol. The maximum atomic E-state index is 11.3. The van der Waals surface area contributed by atoms with Crippen molar-refractivity contribution in [3.8, 4) is 17.6 Å². The number of nitrogens with one attached hydrogen (secondary N) is 1. The standard InChI is InChI=1S/C21H22N6O6/c1-31-12-6-3-11(4-7-12)5-8-15-24-19(26-32-2)16-20(25-15)27(10-23-16)21-18(30)17(29)13(33-21)9-14(22)28/h3-4,6-7,10,13,17-18,21,29-30H,9H2,1-2H3,(H2,22,28)(H,24,25,26)/t13-,17-,18+,21+/m0/s1. The third kappa shape index (κ3) is 4.57. The molecule has 1 amide bonds. The molecule has 12 heteroatoms. The van der Waals surface area contributed by atoms with Crippen LogP contribution in [0.5, 0.6) is 5.75 Å². The lowest BCUT2D eigenvalue weighted by molar-refractivity contribution is -0.122. The van der Waals surface area contributed by atoms with Crippen LogP contribution in [0, 0.1) is 11.8 Å². The fraction of sp³-hybridized carbons (Fsp3) is 0.333. The molecule has 1 fully saturated rings. The normalized spacial score (nSPS) is 22.1. The summed E-state index contributed by atoms with van der Waals surface area (Å²) in [4.78, 5) is 29.3. The minimum atomic E-state index is -1.34. The molecule has 1 aliphatic heterocycles. The van der Waals surface area contributed by atoms with Crippen LogP contribution in [-0.2, 0) is 14.4 Å². The van der Waals surface area contributed by atoms with Crippen LogP contribution < -0.4 is 16.0 Å². The van der Waals surface area contributed by atoms with E-state index in [0.717, 1.165) is 5.56 Å². The number of primary amides is 1. The Labute approximate surface area is 188 Å². The smallest absolute Gasteiger partial charge is 0.220 e. The second-order valence-corrected chi connectivity index (χ2v) is 7.22. The number of anilines is 1. The highest BCUT2D eigenvalue weighted by atomic mass is 16.6. The van der Waals surface area contributed by atoms with Crippen molar-refractivity contribution >= 4 is 22.9 Å². The molecule has 3 heterocycles. The number of rotatable bonds is 6. The van der Waals surface area contributed by atoms with Crippen LogP contribution >= 0.6 is 0 Å². The van der Waals surface area contributed by atoms with Crippen molar-refractivity contribution in [3.63, 3.8) is 0 Å². The monoisotopic (exact) mass is 454 g/mol. The minimum absolute atomic E-state index is 0.154. The van der Waals surface area contributed by atoms with Gasteiger partial charge in [0, 0.05) is 5.56 Å². The quantitative estimate of drug-likeness (QED) is 0.287. The third-order valence-electron chi connectivity index (χ3n) is 5.04. The second-order valence-electron chi connectivity index (χ2n) is 7.22. The summed E-state index contributed by atoms with van der Waals surface area (Å²) in [7, 11) is 3.00. The highest BCUT2D eigenvalue weighted by Crippen LogP contribution is 2.33. The molecule has 0 spiro atoms. The molecular weight excluding hydrogens is 432 g/mol. The number of methoxy groups -OCH3 is 1. The molecule has 0 saturated carbocycles. The Balaban J connectivity index is 1.72. The topological polar surface area (TPSA) is 167 Å². The van der Waals surface area contributed by atoms with Crippen molar-refractivity contribution in [1.82, 2.24) is 19.5 Å². The molecule has 4 rings (SSSR count). The first-order valence-corrected chi connectivity index (χ1v) is 9.90. The van der Waals surface area contributed by atoms with Crippen molar-refractivity contribution in [2.45, 2.75) is 31.0 Å². The van der Waals surface area contributed by atoms with Gasteiger partial charge in [0.15, 0.2) is 23.2 Å². The van der Waals surface area contributed by atoms with Gasteiger partial charge in [-0.2, -0.15) is 4.98 Å². The van der Waals surface area contributed by atoms with Crippen molar-refractivity contribution in [2.24, 2.45) is 5.73 Å². The molecule has 4 atom stereocenters. The minimum Gasteiger partial charge on any atom is -0.497 e. The number of nitrogens with zero attached hydrogens (tertiary/aromatic N) is 4. The number of aliphatic hydroxyl groups is 2. The summed E-state index contributed by atoms with van der Waals surface area (Å²) in [6.07, 6.45) is -3.53. The van der Waals surface area contributed by atoms with Crippen LogP contribution in [-0.4, -0.2) is 68.2 Å². The number of amides is 1. The molecule has 33 heavy (non-hydrogen) atoms. The van der Waals surface area contributed by atoms with Gasteiger partial charge in [-0.05, 0) is 30.2 Å². The Bertz CT molecular complexity index is 1220. The van der Waals surface area contributed by atoms with Crippen LogP contribution in [0.2, 0.25) is 0 Å².